The van der Waals surface area contributed by atoms with Crippen molar-refractivity contribution in [2.24, 2.45) is 0 Å². The van der Waals surface area contributed by atoms with E-state index in [1.807, 2.05) is 26.0 Å². The fourth-order valence-electron chi connectivity index (χ4n) is 1.41. The first-order chi connectivity index (χ1) is 7.66. The van der Waals surface area contributed by atoms with Crippen molar-refractivity contribution in [1.82, 2.24) is 9.97 Å². The first kappa shape index (κ1) is 10.5. The standard InChI is InChI=1S/C11H14N4O/c1-7-6-14-11(16-7)8(2)15-9-4-3-5-13-10(9)12/h3-6,8,15H,1-2H3,(H2,12,13). The van der Waals surface area contributed by atoms with Gasteiger partial charge in [0.25, 0.3) is 0 Å². The average molecular weight is 218 g/mol. The van der Waals surface area contributed by atoms with Crippen molar-refractivity contribution in [3.05, 3.63) is 36.2 Å². The molecule has 5 heteroatoms. The summed E-state index contributed by atoms with van der Waals surface area (Å²) in [6.45, 7) is 3.82. The van der Waals surface area contributed by atoms with Gasteiger partial charge in [0.05, 0.1) is 11.9 Å². The zero-order valence-electron chi connectivity index (χ0n) is 9.27. The summed E-state index contributed by atoms with van der Waals surface area (Å²) in [7, 11) is 0. The van der Waals surface area contributed by atoms with Crippen LogP contribution in [0.3, 0.4) is 0 Å². The number of nitrogens with one attached hydrogen (secondary N) is 1. The molecular formula is C11H14N4O. The van der Waals surface area contributed by atoms with Crippen LogP contribution in [0.2, 0.25) is 0 Å². The predicted octanol–water partition coefficient (Wildman–Crippen LogP) is 2.13. The van der Waals surface area contributed by atoms with Gasteiger partial charge in [0.15, 0.2) is 0 Å². The van der Waals surface area contributed by atoms with Gasteiger partial charge in [-0.25, -0.2) is 9.97 Å². The van der Waals surface area contributed by atoms with Crippen LogP contribution in [0.4, 0.5) is 11.5 Å². The lowest BCUT2D eigenvalue weighted by Crippen LogP contribution is -2.09. The maximum atomic E-state index is 5.73. The first-order valence-electron chi connectivity index (χ1n) is 5.06. The number of rotatable bonds is 3. The van der Waals surface area contributed by atoms with E-state index in [0.29, 0.717) is 11.7 Å². The molecule has 84 valence electrons. The highest BCUT2D eigenvalue weighted by molar-refractivity contribution is 5.61. The maximum absolute atomic E-state index is 5.73. The van der Waals surface area contributed by atoms with Crippen LogP contribution >= 0.6 is 0 Å². The summed E-state index contributed by atoms with van der Waals surface area (Å²) >= 11 is 0. The molecule has 0 saturated carbocycles. The van der Waals surface area contributed by atoms with Crippen LogP contribution in [0.1, 0.15) is 24.6 Å². The first-order valence-corrected chi connectivity index (χ1v) is 5.06. The molecule has 2 aromatic heterocycles. The third-order valence-corrected chi connectivity index (χ3v) is 2.22. The van der Waals surface area contributed by atoms with E-state index >= 15 is 0 Å². The smallest absolute Gasteiger partial charge is 0.216 e. The van der Waals surface area contributed by atoms with Crippen molar-refractivity contribution in [3.63, 3.8) is 0 Å². The van der Waals surface area contributed by atoms with E-state index in [9.17, 15) is 0 Å². The second-order valence-corrected chi connectivity index (χ2v) is 3.61. The molecular weight excluding hydrogens is 204 g/mol. The Morgan fingerprint density at radius 2 is 2.25 bits per heavy atom. The summed E-state index contributed by atoms with van der Waals surface area (Å²) in [5.74, 6) is 1.90. The van der Waals surface area contributed by atoms with Crippen LogP contribution in [0, 0.1) is 6.92 Å². The van der Waals surface area contributed by atoms with Crippen molar-refractivity contribution in [2.45, 2.75) is 19.9 Å². The van der Waals surface area contributed by atoms with E-state index in [4.69, 9.17) is 10.2 Å². The number of anilines is 2. The quantitative estimate of drug-likeness (QED) is 0.825. The highest BCUT2D eigenvalue weighted by atomic mass is 16.4. The van der Waals surface area contributed by atoms with E-state index in [1.54, 1.807) is 12.4 Å². The van der Waals surface area contributed by atoms with E-state index in [-0.39, 0.29) is 6.04 Å². The molecule has 2 rings (SSSR count). The second-order valence-electron chi connectivity index (χ2n) is 3.61. The molecule has 2 aromatic rings. The minimum Gasteiger partial charge on any atom is -0.444 e. The zero-order valence-corrected chi connectivity index (χ0v) is 9.27. The summed E-state index contributed by atoms with van der Waals surface area (Å²) in [5, 5.41) is 3.20. The van der Waals surface area contributed by atoms with E-state index in [1.165, 1.54) is 0 Å². The van der Waals surface area contributed by atoms with Crippen molar-refractivity contribution in [2.75, 3.05) is 11.1 Å². The molecule has 0 aliphatic heterocycles. The molecule has 0 amide bonds. The normalized spacial score (nSPS) is 12.4. The van der Waals surface area contributed by atoms with Crippen LogP contribution in [0.25, 0.3) is 0 Å². The van der Waals surface area contributed by atoms with E-state index in [0.717, 1.165) is 11.4 Å². The molecule has 0 aliphatic rings. The van der Waals surface area contributed by atoms with Gasteiger partial charge in [-0.3, -0.25) is 0 Å². The van der Waals surface area contributed by atoms with Gasteiger partial charge in [0.1, 0.15) is 17.6 Å². The zero-order chi connectivity index (χ0) is 11.5. The van der Waals surface area contributed by atoms with Gasteiger partial charge in [-0.2, -0.15) is 0 Å². The highest BCUT2D eigenvalue weighted by Crippen LogP contribution is 2.21. The number of aryl methyl sites for hydroxylation is 1. The molecule has 1 unspecified atom stereocenters. The third-order valence-electron chi connectivity index (χ3n) is 2.22. The molecule has 0 aliphatic carbocycles. The van der Waals surface area contributed by atoms with Crippen molar-refractivity contribution in [1.29, 1.82) is 0 Å². The number of nitrogen functional groups attached to an aromatic ring is 1. The number of hydrogen-bond acceptors (Lipinski definition) is 5. The Bertz CT molecular complexity index is 480. The molecule has 2 heterocycles. The molecule has 3 N–H and O–H groups in total. The summed E-state index contributed by atoms with van der Waals surface area (Å²) < 4.78 is 5.42. The van der Waals surface area contributed by atoms with Crippen molar-refractivity contribution in [3.8, 4) is 0 Å². The molecule has 0 spiro atoms. The van der Waals surface area contributed by atoms with Gasteiger partial charge in [-0.05, 0) is 26.0 Å². The second kappa shape index (κ2) is 4.22. The monoisotopic (exact) mass is 218 g/mol. The van der Waals surface area contributed by atoms with Crippen LogP contribution in [0.15, 0.2) is 28.9 Å². The van der Waals surface area contributed by atoms with E-state index in [2.05, 4.69) is 15.3 Å². The topological polar surface area (TPSA) is 77.0 Å². The maximum Gasteiger partial charge on any atom is 0.216 e. The Balaban J connectivity index is 2.13. The molecule has 16 heavy (non-hydrogen) atoms. The minimum absolute atomic E-state index is 0.0415. The number of aromatic nitrogens is 2. The number of oxazole rings is 1. The van der Waals surface area contributed by atoms with E-state index < -0.39 is 0 Å². The molecule has 0 bridgehead atoms. The number of pyridine rings is 1. The highest BCUT2D eigenvalue weighted by Gasteiger charge is 2.12. The van der Waals surface area contributed by atoms with Crippen molar-refractivity contribution >= 4 is 11.5 Å². The van der Waals surface area contributed by atoms with Gasteiger partial charge in [0, 0.05) is 6.20 Å². The summed E-state index contributed by atoms with van der Waals surface area (Å²) in [6, 6.07) is 3.65. The molecule has 0 saturated heterocycles. The summed E-state index contributed by atoms with van der Waals surface area (Å²) in [5.41, 5.74) is 6.51. The fourth-order valence-corrected chi connectivity index (χ4v) is 1.41. The molecule has 0 fully saturated rings. The molecule has 1 atom stereocenters. The van der Waals surface area contributed by atoms with Crippen LogP contribution in [0.5, 0.6) is 0 Å². The number of hydrogen-bond donors (Lipinski definition) is 2. The minimum atomic E-state index is -0.0415. The van der Waals surface area contributed by atoms with Gasteiger partial charge in [0.2, 0.25) is 5.89 Å². The lowest BCUT2D eigenvalue weighted by Gasteiger charge is -2.12. The average Bonchev–Trinajstić information content (AvgIpc) is 2.68. The van der Waals surface area contributed by atoms with Crippen LogP contribution in [-0.4, -0.2) is 9.97 Å². The van der Waals surface area contributed by atoms with Gasteiger partial charge < -0.3 is 15.5 Å². The van der Waals surface area contributed by atoms with Crippen LogP contribution < -0.4 is 11.1 Å². The van der Waals surface area contributed by atoms with Crippen LogP contribution in [-0.2, 0) is 0 Å². The Labute approximate surface area is 93.7 Å². The third kappa shape index (κ3) is 2.13. The number of nitrogens with two attached hydrogens (primary N) is 1. The molecule has 5 nitrogen and oxygen atoms in total. The van der Waals surface area contributed by atoms with Gasteiger partial charge >= 0.3 is 0 Å². The Kier molecular flexibility index (Phi) is 2.76. The Hall–Kier alpha value is -2.04. The molecule has 0 radical (unpaired) electrons. The Morgan fingerprint density at radius 1 is 1.44 bits per heavy atom. The lowest BCUT2D eigenvalue weighted by molar-refractivity contribution is 0.454. The fraction of sp³-hybridized carbons (Fsp3) is 0.273. The van der Waals surface area contributed by atoms with Gasteiger partial charge in [-0.15, -0.1) is 0 Å². The summed E-state index contributed by atoms with van der Waals surface area (Å²) in [6.07, 6.45) is 3.35. The van der Waals surface area contributed by atoms with Crippen molar-refractivity contribution < 1.29 is 4.42 Å². The lowest BCUT2D eigenvalue weighted by atomic mass is 10.3. The molecule has 0 aromatic carbocycles. The van der Waals surface area contributed by atoms with Gasteiger partial charge in [-0.1, -0.05) is 0 Å². The predicted molar refractivity (Wildman–Crippen MR) is 61.9 cm³/mol. The number of nitrogens with zero attached hydrogens (tertiary/aromatic N) is 2. The summed E-state index contributed by atoms with van der Waals surface area (Å²) in [4.78, 5) is 8.15. The SMILES string of the molecule is Cc1cnc(C(C)Nc2cccnc2N)o1. The Morgan fingerprint density at radius 3 is 2.88 bits per heavy atom. The largest absolute Gasteiger partial charge is 0.444 e.